The van der Waals surface area contributed by atoms with Gasteiger partial charge in [-0.3, -0.25) is 9.78 Å². The number of carboxylic acid groups (broad SMARTS) is 1. The highest BCUT2D eigenvalue weighted by Gasteiger charge is 2.36. The molecular weight excluding hydrogens is 422 g/mol. The molecule has 0 radical (unpaired) electrons. The number of hydrogen-bond donors (Lipinski definition) is 2. The summed E-state index contributed by atoms with van der Waals surface area (Å²) in [4.78, 5) is 31.6. The van der Waals surface area contributed by atoms with Gasteiger partial charge in [-0.1, -0.05) is 24.3 Å². The molecule has 8 heteroatoms. The maximum atomic E-state index is 11.8. The fourth-order valence-electron chi connectivity index (χ4n) is 3.91. The third kappa shape index (κ3) is 5.11. The summed E-state index contributed by atoms with van der Waals surface area (Å²) >= 11 is 0. The highest BCUT2D eigenvalue weighted by atomic mass is 16.5. The molecule has 33 heavy (non-hydrogen) atoms. The third-order valence-electron chi connectivity index (χ3n) is 5.47. The molecule has 8 nitrogen and oxygen atoms in total. The lowest BCUT2D eigenvalue weighted by atomic mass is 9.88. The SMILES string of the molecule is CC1=NC(=O)NC(c2ccc(OCCCOc3cc(C)nc4ccccc34)cc2)C1C(=O)O. The van der Waals surface area contributed by atoms with Crippen molar-refractivity contribution in [2.45, 2.75) is 26.3 Å². The number of nitrogens with zero attached hydrogens (tertiary/aromatic N) is 2. The summed E-state index contributed by atoms with van der Waals surface area (Å²) < 4.78 is 11.8. The number of pyridine rings is 1. The van der Waals surface area contributed by atoms with Gasteiger partial charge in [0.05, 0.1) is 24.8 Å². The molecule has 1 aromatic heterocycles. The predicted octanol–water partition coefficient (Wildman–Crippen LogP) is 4.32. The van der Waals surface area contributed by atoms with Crippen LogP contribution < -0.4 is 14.8 Å². The molecule has 0 aliphatic carbocycles. The number of aliphatic imine (C=N–C) groups is 1. The number of aryl methyl sites for hydroxylation is 1. The molecular formula is C25H25N3O5. The van der Waals surface area contributed by atoms with Crippen molar-refractivity contribution in [3.63, 3.8) is 0 Å². The fraction of sp³-hybridized carbons (Fsp3) is 0.280. The quantitative estimate of drug-likeness (QED) is 0.498. The number of carbonyl (C=O) groups excluding carboxylic acids is 1. The van der Waals surface area contributed by atoms with Crippen LogP contribution in [0.25, 0.3) is 10.9 Å². The first-order valence-electron chi connectivity index (χ1n) is 10.7. The number of urea groups is 1. The van der Waals surface area contributed by atoms with Gasteiger partial charge in [0.1, 0.15) is 17.4 Å². The van der Waals surface area contributed by atoms with E-state index in [0.717, 1.165) is 22.3 Å². The van der Waals surface area contributed by atoms with Gasteiger partial charge in [0.15, 0.2) is 0 Å². The second-order valence-electron chi connectivity index (χ2n) is 7.89. The molecule has 0 saturated carbocycles. The Morgan fingerprint density at radius 3 is 2.55 bits per heavy atom. The summed E-state index contributed by atoms with van der Waals surface area (Å²) in [5.41, 5.74) is 2.78. The minimum atomic E-state index is -1.03. The van der Waals surface area contributed by atoms with E-state index in [4.69, 9.17) is 9.47 Å². The van der Waals surface area contributed by atoms with Gasteiger partial charge < -0.3 is 19.9 Å². The Labute approximate surface area is 191 Å². The lowest BCUT2D eigenvalue weighted by Gasteiger charge is -2.28. The van der Waals surface area contributed by atoms with Gasteiger partial charge in [-0.15, -0.1) is 0 Å². The van der Waals surface area contributed by atoms with Crippen LogP contribution in [0.1, 0.15) is 30.6 Å². The first-order valence-corrected chi connectivity index (χ1v) is 10.7. The second kappa shape index (κ2) is 9.68. The van der Waals surface area contributed by atoms with Crippen LogP contribution in [0.2, 0.25) is 0 Å². The molecule has 2 unspecified atom stereocenters. The summed E-state index contributed by atoms with van der Waals surface area (Å²) in [6.07, 6.45) is 0.687. The van der Waals surface area contributed by atoms with Crippen molar-refractivity contribution < 1.29 is 24.2 Å². The van der Waals surface area contributed by atoms with Crippen LogP contribution >= 0.6 is 0 Å². The van der Waals surface area contributed by atoms with Crippen LogP contribution in [0.15, 0.2) is 59.6 Å². The van der Waals surface area contributed by atoms with Gasteiger partial charge in [0, 0.05) is 29.3 Å². The zero-order valence-electron chi connectivity index (χ0n) is 18.4. The van der Waals surface area contributed by atoms with E-state index in [1.807, 2.05) is 37.3 Å². The molecule has 170 valence electrons. The minimum Gasteiger partial charge on any atom is -0.493 e. The summed E-state index contributed by atoms with van der Waals surface area (Å²) in [5, 5.41) is 13.1. The molecule has 2 heterocycles. The minimum absolute atomic E-state index is 0.286. The summed E-state index contributed by atoms with van der Waals surface area (Å²) in [5.74, 6) is -0.467. The first kappa shape index (κ1) is 22.3. The van der Waals surface area contributed by atoms with E-state index >= 15 is 0 Å². The zero-order chi connectivity index (χ0) is 23.4. The molecule has 4 rings (SSSR count). The number of aliphatic carboxylic acids is 1. The van der Waals surface area contributed by atoms with Crippen molar-refractivity contribution >= 4 is 28.6 Å². The van der Waals surface area contributed by atoms with E-state index in [-0.39, 0.29) is 5.71 Å². The second-order valence-corrected chi connectivity index (χ2v) is 7.89. The maximum Gasteiger partial charge on any atom is 0.341 e. The smallest absolute Gasteiger partial charge is 0.341 e. The molecule has 3 aromatic rings. The Morgan fingerprint density at radius 1 is 1.06 bits per heavy atom. The molecule has 1 aliphatic rings. The molecule has 2 amide bonds. The number of benzene rings is 2. The Kier molecular flexibility index (Phi) is 6.53. The van der Waals surface area contributed by atoms with Crippen LogP contribution in [0.4, 0.5) is 4.79 Å². The number of amides is 2. The van der Waals surface area contributed by atoms with Crippen molar-refractivity contribution in [2.75, 3.05) is 13.2 Å². The van der Waals surface area contributed by atoms with Crippen molar-refractivity contribution in [3.8, 4) is 11.5 Å². The van der Waals surface area contributed by atoms with Gasteiger partial charge in [-0.25, -0.2) is 9.79 Å². The number of carboxylic acids is 1. The standard InChI is InChI=1S/C25H25N3O5/c1-15-14-21(19-6-3-4-7-20(19)26-15)33-13-5-12-32-18-10-8-17(9-11-18)23-22(24(29)30)16(2)27-25(31)28-23/h3-4,6-11,14,22-23H,5,12-13H2,1-2H3,(H,28,31)(H,29,30). The number of carbonyl (C=O) groups is 2. The van der Waals surface area contributed by atoms with Gasteiger partial charge in [-0.2, -0.15) is 0 Å². The maximum absolute atomic E-state index is 11.8. The van der Waals surface area contributed by atoms with Crippen molar-refractivity contribution in [3.05, 3.63) is 65.9 Å². The Balaban J connectivity index is 1.31. The fourth-order valence-corrected chi connectivity index (χ4v) is 3.91. The van der Waals surface area contributed by atoms with Gasteiger partial charge in [-0.05, 0) is 43.7 Å². The van der Waals surface area contributed by atoms with Crippen LogP contribution in [0, 0.1) is 12.8 Å². The monoisotopic (exact) mass is 447 g/mol. The lowest BCUT2D eigenvalue weighted by molar-refractivity contribution is -0.140. The highest BCUT2D eigenvalue weighted by molar-refractivity contribution is 6.07. The number of nitrogens with one attached hydrogen (secondary N) is 1. The molecule has 0 spiro atoms. The topological polar surface area (TPSA) is 110 Å². The normalized spacial score (nSPS) is 17.9. The first-order chi connectivity index (χ1) is 15.9. The Morgan fingerprint density at radius 2 is 1.79 bits per heavy atom. The van der Waals surface area contributed by atoms with Gasteiger partial charge in [0.25, 0.3) is 0 Å². The summed E-state index contributed by atoms with van der Waals surface area (Å²) in [7, 11) is 0. The van der Waals surface area contributed by atoms with Crippen molar-refractivity contribution in [1.82, 2.24) is 10.3 Å². The summed E-state index contributed by atoms with van der Waals surface area (Å²) in [6.45, 7) is 4.46. The van der Waals surface area contributed by atoms with E-state index in [2.05, 4.69) is 15.3 Å². The van der Waals surface area contributed by atoms with E-state index in [1.165, 1.54) is 0 Å². The highest BCUT2D eigenvalue weighted by Crippen LogP contribution is 2.29. The third-order valence-corrected chi connectivity index (χ3v) is 5.47. The number of para-hydroxylation sites is 1. The lowest BCUT2D eigenvalue weighted by Crippen LogP contribution is -2.43. The Hall–Kier alpha value is -3.94. The molecule has 0 bridgehead atoms. The average molecular weight is 447 g/mol. The molecule has 0 fully saturated rings. The van der Waals surface area contributed by atoms with Crippen molar-refractivity contribution in [2.24, 2.45) is 10.9 Å². The Bertz CT molecular complexity index is 1210. The van der Waals surface area contributed by atoms with Crippen LogP contribution in [0.5, 0.6) is 11.5 Å². The predicted molar refractivity (Wildman–Crippen MR) is 124 cm³/mol. The molecule has 2 atom stereocenters. The number of hydrogen-bond acceptors (Lipinski definition) is 5. The number of ether oxygens (including phenoxy) is 2. The van der Waals surface area contributed by atoms with E-state index < -0.39 is 24.0 Å². The zero-order valence-corrected chi connectivity index (χ0v) is 18.4. The van der Waals surface area contributed by atoms with Crippen LogP contribution in [-0.4, -0.2) is 41.0 Å². The molecule has 2 aromatic carbocycles. The van der Waals surface area contributed by atoms with Crippen LogP contribution in [-0.2, 0) is 4.79 Å². The number of aromatic nitrogens is 1. The molecule has 1 aliphatic heterocycles. The summed E-state index contributed by atoms with van der Waals surface area (Å²) in [6, 6.07) is 15.7. The van der Waals surface area contributed by atoms with E-state index in [9.17, 15) is 14.7 Å². The van der Waals surface area contributed by atoms with Gasteiger partial charge in [0.2, 0.25) is 0 Å². The number of rotatable bonds is 8. The number of fused-ring (bicyclic) bond motifs is 1. The van der Waals surface area contributed by atoms with E-state index in [0.29, 0.717) is 30.9 Å². The van der Waals surface area contributed by atoms with E-state index in [1.54, 1.807) is 31.2 Å². The largest absolute Gasteiger partial charge is 0.493 e. The van der Waals surface area contributed by atoms with Crippen LogP contribution in [0.3, 0.4) is 0 Å². The van der Waals surface area contributed by atoms with Crippen molar-refractivity contribution in [1.29, 1.82) is 0 Å². The van der Waals surface area contributed by atoms with Gasteiger partial charge >= 0.3 is 12.0 Å². The molecule has 0 saturated heterocycles. The average Bonchev–Trinajstić information content (AvgIpc) is 2.78. The molecule has 2 N–H and O–H groups in total.